The van der Waals surface area contributed by atoms with Gasteiger partial charge in [0.1, 0.15) is 15.5 Å². The second-order valence-corrected chi connectivity index (χ2v) is 6.31. The molecule has 0 fully saturated rings. The molecule has 130 valence electrons. The summed E-state index contributed by atoms with van der Waals surface area (Å²) in [4.78, 5) is 16.3. The Bertz CT molecular complexity index is 942. The number of pyridine rings is 1. The highest BCUT2D eigenvalue weighted by atomic mass is 32.1. The van der Waals surface area contributed by atoms with Gasteiger partial charge in [-0.05, 0) is 30.2 Å². The van der Waals surface area contributed by atoms with Crippen LogP contribution in [0.2, 0.25) is 0 Å². The lowest BCUT2D eigenvalue weighted by molar-refractivity contribution is 0.100. The van der Waals surface area contributed by atoms with E-state index >= 15 is 0 Å². The molecule has 0 bridgehead atoms. The van der Waals surface area contributed by atoms with Crippen molar-refractivity contribution in [1.29, 1.82) is 0 Å². The number of fused-ring (bicyclic) bond motifs is 1. The van der Waals surface area contributed by atoms with Crippen molar-refractivity contribution < 1.29 is 18.7 Å². The van der Waals surface area contributed by atoms with Crippen LogP contribution in [-0.4, -0.2) is 24.6 Å². The van der Waals surface area contributed by atoms with E-state index in [4.69, 9.17) is 20.9 Å². The highest BCUT2D eigenvalue weighted by Crippen LogP contribution is 2.40. The van der Waals surface area contributed by atoms with E-state index in [2.05, 4.69) is 4.98 Å². The maximum absolute atomic E-state index is 14.3. The number of primary amides is 1. The first-order chi connectivity index (χ1) is 12.0. The average Bonchev–Trinajstić information content (AvgIpc) is 2.93. The Kier molecular flexibility index (Phi) is 4.82. The van der Waals surface area contributed by atoms with Gasteiger partial charge >= 0.3 is 0 Å². The number of carbonyl (C=O) groups is 1. The molecule has 3 rings (SSSR count). The molecule has 1 aromatic carbocycles. The molecular formula is C17H16FN3O3S. The predicted octanol–water partition coefficient (Wildman–Crippen LogP) is 3.10. The fourth-order valence-corrected chi connectivity index (χ4v) is 3.34. The number of ether oxygens (including phenoxy) is 2. The Balaban J connectivity index is 1.97. The summed E-state index contributed by atoms with van der Waals surface area (Å²) in [6, 6.07) is 6.28. The first-order valence-corrected chi connectivity index (χ1v) is 8.25. The van der Waals surface area contributed by atoms with Crippen molar-refractivity contribution in [2.75, 3.05) is 19.5 Å². The number of thiophene rings is 1. The van der Waals surface area contributed by atoms with Crippen molar-refractivity contribution >= 4 is 33.1 Å². The van der Waals surface area contributed by atoms with Gasteiger partial charge in [-0.3, -0.25) is 4.79 Å². The van der Waals surface area contributed by atoms with Crippen molar-refractivity contribution in [2.45, 2.75) is 6.42 Å². The number of carbonyl (C=O) groups excluding carboxylic acids is 1. The van der Waals surface area contributed by atoms with Gasteiger partial charge in [-0.15, -0.1) is 11.3 Å². The number of nitrogens with two attached hydrogens (primary N) is 2. The number of methoxy groups -OCH3 is 1. The van der Waals surface area contributed by atoms with Gasteiger partial charge < -0.3 is 20.9 Å². The van der Waals surface area contributed by atoms with Gasteiger partial charge in [-0.25, -0.2) is 9.37 Å². The smallest absolute Gasteiger partial charge is 0.260 e. The normalized spacial score (nSPS) is 11.0. The van der Waals surface area contributed by atoms with Crippen molar-refractivity contribution in [3.05, 3.63) is 46.7 Å². The van der Waals surface area contributed by atoms with E-state index in [0.29, 0.717) is 29.0 Å². The molecule has 0 aliphatic rings. The van der Waals surface area contributed by atoms with E-state index in [0.717, 1.165) is 16.9 Å². The summed E-state index contributed by atoms with van der Waals surface area (Å²) < 4.78 is 25.0. The van der Waals surface area contributed by atoms with Gasteiger partial charge in [-0.1, -0.05) is 6.07 Å². The molecule has 0 saturated heterocycles. The molecule has 2 heterocycles. The highest BCUT2D eigenvalue weighted by molar-refractivity contribution is 7.21. The summed E-state index contributed by atoms with van der Waals surface area (Å²) in [6.07, 6.45) is 2.11. The van der Waals surface area contributed by atoms with E-state index in [9.17, 15) is 9.18 Å². The minimum Gasteiger partial charge on any atom is -0.453 e. The summed E-state index contributed by atoms with van der Waals surface area (Å²) in [5.41, 5.74) is 12.3. The topological polar surface area (TPSA) is 100 Å². The number of nitrogen functional groups attached to an aromatic ring is 1. The zero-order valence-electron chi connectivity index (χ0n) is 13.4. The monoisotopic (exact) mass is 361 g/mol. The van der Waals surface area contributed by atoms with Gasteiger partial charge in [0.2, 0.25) is 0 Å². The van der Waals surface area contributed by atoms with Crippen LogP contribution in [0, 0.1) is 5.82 Å². The molecule has 0 radical (unpaired) electrons. The van der Waals surface area contributed by atoms with Crippen molar-refractivity contribution in [3.8, 4) is 11.5 Å². The third-order valence-electron chi connectivity index (χ3n) is 3.63. The minimum atomic E-state index is -0.639. The van der Waals surface area contributed by atoms with E-state index < -0.39 is 11.7 Å². The number of rotatable bonds is 6. The molecule has 1 amide bonds. The van der Waals surface area contributed by atoms with Crippen LogP contribution in [-0.2, 0) is 11.2 Å². The molecule has 0 atom stereocenters. The van der Waals surface area contributed by atoms with Crippen LogP contribution in [0.1, 0.15) is 15.2 Å². The summed E-state index contributed by atoms with van der Waals surface area (Å²) in [6.45, 7) is 0.506. The Morgan fingerprint density at radius 2 is 2.12 bits per heavy atom. The third kappa shape index (κ3) is 3.40. The van der Waals surface area contributed by atoms with E-state index in [1.54, 1.807) is 25.3 Å². The number of hydrogen-bond donors (Lipinski definition) is 2. The molecule has 0 saturated carbocycles. The van der Waals surface area contributed by atoms with Gasteiger partial charge in [-0.2, -0.15) is 0 Å². The van der Waals surface area contributed by atoms with Gasteiger partial charge in [0.15, 0.2) is 11.6 Å². The molecule has 0 aliphatic heterocycles. The maximum atomic E-state index is 14.3. The molecule has 0 spiro atoms. The number of aromatic nitrogens is 1. The first kappa shape index (κ1) is 17.1. The van der Waals surface area contributed by atoms with Crippen LogP contribution in [0.4, 0.5) is 10.1 Å². The highest BCUT2D eigenvalue weighted by Gasteiger charge is 2.19. The van der Waals surface area contributed by atoms with Crippen LogP contribution in [0.3, 0.4) is 0 Å². The molecule has 3 aromatic rings. The molecule has 6 nitrogen and oxygen atoms in total. The lowest BCUT2D eigenvalue weighted by Crippen LogP contribution is -2.10. The fourth-order valence-electron chi connectivity index (χ4n) is 2.41. The van der Waals surface area contributed by atoms with Crippen LogP contribution in [0.25, 0.3) is 10.2 Å². The van der Waals surface area contributed by atoms with E-state index in [-0.39, 0.29) is 16.3 Å². The lowest BCUT2D eigenvalue weighted by Gasteiger charge is -2.10. The van der Waals surface area contributed by atoms with Crippen LogP contribution in [0.15, 0.2) is 30.5 Å². The van der Waals surface area contributed by atoms with Crippen molar-refractivity contribution in [1.82, 2.24) is 4.98 Å². The zero-order chi connectivity index (χ0) is 18.0. The molecule has 0 unspecified atom stereocenters. The van der Waals surface area contributed by atoms with E-state index in [1.807, 2.05) is 0 Å². The quantitative estimate of drug-likeness (QED) is 0.703. The molecule has 2 aromatic heterocycles. The molecule has 25 heavy (non-hydrogen) atoms. The van der Waals surface area contributed by atoms with Gasteiger partial charge in [0, 0.05) is 13.3 Å². The number of benzene rings is 1. The van der Waals surface area contributed by atoms with Crippen LogP contribution >= 0.6 is 11.3 Å². The SMILES string of the molecule is COCCc1ccc(Oc2ccnc3sc(C(N)=O)c(N)c23)c(F)c1. The Labute approximate surface area is 147 Å². The second-order valence-electron chi connectivity index (χ2n) is 5.31. The average molecular weight is 361 g/mol. The molecular weight excluding hydrogens is 345 g/mol. The standard InChI is InChI=1S/C17H16FN3O3S/c1-23-7-5-9-2-3-11(10(18)8-9)24-12-4-6-21-17-13(12)14(19)15(25-17)16(20)22/h2-4,6,8H,5,7,19H2,1H3,(H2,20,22). The zero-order valence-corrected chi connectivity index (χ0v) is 14.2. The number of nitrogens with zero attached hydrogens (tertiary/aromatic N) is 1. The summed E-state index contributed by atoms with van der Waals surface area (Å²) in [7, 11) is 1.59. The molecule has 4 N–H and O–H groups in total. The van der Waals surface area contributed by atoms with Crippen molar-refractivity contribution in [2.24, 2.45) is 5.73 Å². The van der Waals surface area contributed by atoms with E-state index in [1.165, 1.54) is 12.3 Å². The molecule has 8 heteroatoms. The maximum Gasteiger partial charge on any atom is 0.260 e. The number of hydrogen-bond acceptors (Lipinski definition) is 6. The summed E-state index contributed by atoms with van der Waals surface area (Å²) in [5, 5.41) is 0.448. The number of amides is 1. The Hall–Kier alpha value is -2.71. The largest absolute Gasteiger partial charge is 0.453 e. The minimum absolute atomic E-state index is 0.0555. The molecule has 0 aliphatic carbocycles. The number of anilines is 1. The summed E-state index contributed by atoms with van der Waals surface area (Å²) >= 11 is 1.07. The second kappa shape index (κ2) is 7.04. The lowest BCUT2D eigenvalue weighted by atomic mass is 10.1. The third-order valence-corrected chi connectivity index (χ3v) is 4.75. The Morgan fingerprint density at radius 3 is 2.80 bits per heavy atom. The Morgan fingerprint density at radius 1 is 1.32 bits per heavy atom. The first-order valence-electron chi connectivity index (χ1n) is 7.43. The van der Waals surface area contributed by atoms with Gasteiger partial charge in [0.25, 0.3) is 5.91 Å². The van der Waals surface area contributed by atoms with Crippen molar-refractivity contribution in [3.63, 3.8) is 0 Å². The van der Waals surface area contributed by atoms with Crippen LogP contribution < -0.4 is 16.2 Å². The van der Waals surface area contributed by atoms with Crippen LogP contribution in [0.5, 0.6) is 11.5 Å². The fraction of sp³-hybridized carbons (Fsp3) is 0.176. The number of halogens is 1. The van der Waals surface area contributed by atoms with Gasteiger partial charge in [0.05, 0.1) is 17.7 Å². The summed E-state index contributed by atoms with van der Waals surface area (Å²) in [5.74, 6) is -0.766. The predicted molar refractivity (Wildman–Crippen MR) is 94.6 cm³/mol.